The van der Waals surface area contributed by atoms with Crippen LogP contribution in [0.1, 0.15) is 19.4 Å². The minimum Gasteiger partial charge on any atom is -0.487 e. The minimum absolute atomic E-state index is 0. The van der Waals surface area contributed by atoms with Gasteiger partial charge in [-0.3, -0.25) is 4.68 Å². The van der Waals surface area contributed by atoms with E-state index in [4.69, 9.17) is 16.3 Å². The van der Waals surface area contributed by atoms with Crippen LogP contribution in [0.15, 0.2) is 41.7 Å². The molecule has 1 unspecified atom stereocenters. The van der Waals surface area contributed by atoms with Gasteiger partial charge in [0, 0.05) is 38.9 Å². The van der Waals surface area contributed by atoms with E-state index in [1.54, 1.807) is 4.68 Å². The fourth-order valence-electron chi connectivity index (χ4n) is 2.38. The normalized spacial score (nSPS) is 12.3. The average molecular weight is 492 g/mol. The van der Waals surface area contributed by atoms with Crippen molar-refractivity contribution in [3.05, 3.63) is 47.2 Å². The number of aliphatic imine (C=N–C) groups is 1. The third kappa shape index (κ3) is 7.03. The molecular weight excluding hydrogens is 465 g/mol. The molecule has 0 saturated carbocycles. The van der Waals surface area contributed by atoms with Gasteiger partial charge in [-0.15, -0.1) is 24.0 Å². The highest BCUT2D eigenvalue weighted by molar-refractivity contribution is 14.0. The van der Waals surface area contributed by atoms with Crippen molar-refractivity contribution in [2.45, 2.75) is 26.5 Å². The molecule has 0 aliphatic carbocycles. The third-order valence-electron chi connectivity index (χ3n) is 3.54. The van der Waals surface area contributed by atoms with Gasteiger partial charge in [-0.25, -0.2) is 4.99 Å². The fourth-order valence-corrected chi connectivity index (χ4v) is 2.56. The molecule has 2 rings (SSSR count). The molecular formula is C18H27ClIN5O. The maximum Gasteiger partial charge on any atom is 0.194 e. The largest absolute Gasteiger partial charge is 0.487 e. The Hall–Kier alpha value is -1.48. The van der Waals surface area contributed by atoms with Crippen LogP contribution in [0, 0.1) is 0 Å². The van der Waals surface area contributed by atoms with Crippen LogP contribution in [-0.2, 0) is 13.6 Å². The number of nitrogens with zero attached hydrogens (tertiary/aromatic N) is 4. The molecule has 0 bridgehead atoms. The number of guanidine groups is 1. The predicted octanol–water partition coefficient (Wildman–Crippen LogP) is 3.56. The molecule has 1 heterocycles. The molecule has 0 aliphatic rings. The van der Waals surface area contributed by atoms with Gasteiger partial charge in [-0.05, 0) is 26.0 Å². The summed E-state index contributed by atoms with van der Waals surface area (Å²) in [6.45, 7) is 6.11. The van der Waals surface area contributed by atoms with Gasteiger partial charge in [-0.2, -0.15) is 5.10 Å². The van der Waals surface area contributed by atoms with E-state index >= 15 is 0 Å². The van der Waals surface area contributed by atoms with Crippen LogP contribution in [0.2, 0.25) is 5.02 Å². The molecule has 6 nitrogen and oxygen atoms in total. The van der Waals surface area contributed by atoms with Crippen LogP contribution >= 0.6 is 35.6 Å². The lowest BCUT2D eigenvalue weighted by atomic mass is 10.3. The molecule has 144 valence electrons. The van der Waals surface area contributed by atoms with E-state index in [1.807, 2.05) is 57.7 Å². The Morgan fingerprint density at radius 2 is 2.15 bits per heavy atom. The molecule has 0 saturated heterocycles. The summed E-state index contributed by atoms with van der Waals surface area (Å²) < 4.78 is 7.67. The maximum absolute atomic E-state index is 6.13. The zero-order chi connectivity index (χ0) is 18.2. The van der Waals surface area contributed by atoms with Gasteiger partial charge >= 0.3 is 0 Å². The predicted molar refractivity (Wildman–Crippen MR) is 118 cm³/mol. The van der Waals surface area contributed by atoms with E-state index in [-0.39, 0.29) is 30.1 Å². The van der Waals surface area contributed by atoms with Crippen molar-refractivity contribution < 1.29 is 4.74 Å². The van der Waals surface area contributed by atoms with Gasteiger partial charge < -0.3 is 15.0 Å². The van der Waals surface area contributed by atoms with Crippen molar-refractivity contribution in [1.29, 1.82) is 0 Å². The van der Waals surface area contributed by atoms with Crippen LogP contribution in [0.3, 0.4) is 0 Å². The molecule has 0 spiro atoms. The van der Waals surface area contributed by atoms with Gasteiger partial charge in [0.25, 0.3) is 0 Å². The first kappa shape index (κ1) is 22.6. The lowest BCUT2D eigenvalue weighted by molar-refractivity contribution is 0.230. The number of hydrogen-bond donors (Lipinski definition) is 1. The molecule has 0 aliphatic heterocycles. The lowest BCUT2D eigenvalue weighted by Crippen LogP contribution is -2.39. The van der Waals surface area contributed by atoms with Gasteiger partial charge in [0.15, 0.2) is 5.96 Å². The number of benzene rings is 1. The van der Waals surface area contributed by atoms with Crippen molar-refractivity contribution in [2.24, 2.45) is 12.0 Å². The van der Waals surface area contributed by atoms with Gasteiger partial charge in [0.05, 0.1) is 17.8 Å². The first-order valence-corrected chi connectivity index (χ1v) is 8.75. The van der Waals surface area contributed by atoms with E-state index < -0.39 is 0 Å². The third-order valence-corrected chi connectivity index (χ3v) is 3.85. The Morgan fingerprint density at radius 3 is 2.77 bits per heavy atom. The van der Waals surface area contributed by atoms with Gasteiger partial charge in [0.2, 0.25) is 0 Å². The molecule has 1 N–H and O–H groups in total. The van der Waals surface area contributed by atoms with Crippen LogP contribution in [0.25, 0.3) is 0 Å². The van der Waals surface area contributed by atoms with E-state index in [0.29, 0.717) is 17.3 Å². The Balaban J connectivity index is 0.00000338. The van der Waals surface area contributed by atoms with E-state index in [9.17, 15) is 0 Å². The monoisotopic (exact) mass is 491 g/mol. The lowest BCUT2D eigenvalue weighted by Gasteiger charge is -2.22. The topological polar surface area (TPSA) is 54.7 Å². The van der Waals surface area contributed by atoms with Crippen LogP contribution in [0.5, 0.6) is 5.75 Å². The highest BCUT2D eigenvalue weighted by atomic mass is 127. The van der Waals surface area contributed by atoms with Gasteiger partial charge in [0.1, 0.15) is 11.9 Å². The highest BCUT2D eigenvalue weighted by Crippen LogP contribution is 2.24. The summed E-state index contributed by atoms with van der Waals surface area (Å²) in [7, 11) is 3.92. The summed E-state index contributed by atoms with van der Waals surface area (Å²) in [5.74, 6) is 1.52. The second kappa shape index (κ2) is 11.3. The Kier molecular flexibility index (Phi) is 9.79. The van der Waals surface area contributed by atoms with Crippen molar-refractivity contribution in [3.63, 3.8) is 0 Å². The molecule has 26 heavy (non-hydrogen) atoms. The van der Waals surface area contributed by atoms with Crippen molar-refractivity contribution in [1.82, 2.24) is 20.0 Å². The van der Waals surface area contributed by atoms with E-state index in [0.717, 1.165) is 24.6 Å². The van der Waals surface area contributed by atoms with Gasteiger partial charge in [-0.1, -0.05) is 23.7 Å². The maximum atomic E-state index is 6.13. The molecule has 0 amide bonds. The Bertz CT molecular complexity index is 706. The Labute approximate surface area is 177 Å². The molecule has 0 radical (unpaired) electrons. The second-order valence-electron chi connectivity index (χ2n) is 5.93. The van der Waals surface area contributed by atoms with E-state index in [2.05, 4.69) is 27.2 Å². The first-order valence-electron chi connectivity index (χ1n) is 8.37. The Morgan fingerprint density at radius 1 is 1.42 bits per heavy atom. The summed E-state index contributed by atoms with van der Waals surface area (Å²) in [4.78, 5) is 6.75. The average Bonchev–Trinajstić information content (AvgIpc) is 2.98. The van der Waals surface area contributed by atoms with Crippen molar-refractivity contribution >= 4 is 41.5 Å². The molecule has 1 aromatic carbocycles. The number of nitrogens with one attached hydrogen (secondary N) is 1. The SMILES string of the molecule is CCNC(=NCC(C)Oc1ccccc1Cl)N(C)Cc1cnn(C)c1.I. The van der Waals surface area contributed by atoms with Crippen LogP contribution in [0.4, 0.5) is 0 Å². The summed E-state index contributed by atoms with van der Waals surface area (Å²) in [6, 6.07) is 7.47. The first-order chi connectivity index (χ1) is 12.0. The van der Waals surface area contributed by atoms with Crippen LogP contribution < -0.4 is 10.1 Å². The number of aromatic nitrogens is 2. The second-order valence-corrected chi connectivity index (χ2v) is 6.34. The number of hydrogen-bond acceptors (Lipinski definition) is 3. The number of aryl methyl sites for hydroxylation is 1. The van der Waals surface area contributed by atoms with Crippen molar-refractivity contribution in [3.8, 4) is 5.75 Å². The van der Waals surface area contributed by atoms with E-state index in [1.165, 1.54) is 0 Å². The quantitative estimate of drug-likeness (QED) is 0.366. The summed E-state index contributed by atoms with van der Waals surface area (Å²) >= 11 is 6.13. The van der Waals surface area contributed by atoms with Crippen molar-refractivity contribution in [2.75, 3.05) is 20.1 Å². The molecule has 0 fully saturated rings. The molecule has 8 heteroatoms. The standard InChI is InChI=1S/C18H26ClN5O.HI/c1-5-20-18(23(3)12-15-11-22-24(4)13-15)21-10-14(2)25-17-9-7-6-8-16(17)19;/h6-9,11,13-14H,5,10,12H2,1-4H3,(H,20,21);1H. The molecule has 1 atom stereocenters. The highest BCUT2D eigenvalue weighted by Gasteiger charge is 2.10. The zero-order valence-electron chi connectivity index (χ0n) is 15.6. The summed E-state index contributed by atoms with van der Waals surface area (Å²) in [5.41, 5.74) is 1.14. The number of para-hydroxylation sites is 1. The van der Waals surface area contributed by atoms with Crippen LogP contribution in [-0.4, -0.2) is 46.9 Å². The molecule has 2 aromatic rings. The summed E-state index contributed by atoms with van der Waals surface area (Å²) in [6.07, 6.45) is 3.78. The minimum atomic E-state index is -0.0830. The zero-order valence-corrected chi connectivity index (χ0v) is 18.7. The molecule has 1 aromatic heterocycles. The fraction of sp³-hybridized carbons (Fsp3) is 0.444. The number of halogens is 2. The summed E-state index contributed by atoms with van der Waals surface area (Å²) in [5, 5.41) is 8.12. The smallest absolute Gasteiger partial charge is 0.194 e. The number of rotatable bonds is 7. The number of ether oxygens (including phenoxy) is 1.